The maximum absolute atomic E-state index is 12.9. The number of carbonyl (C=O) groups is 2. The van der Waals surface area contributed by atoms with Crippen LogP contribution in [0.15, 0.2) is 36.7 Å². The van der Waals surface area contributed by atoms with Crippen LogP contribution in [0.5, 0.6) is 5.88 Å². The van der Waals surface area contributed by atoms with Crippen LogP contribution in [0.25, 0.3) is 11.3 Å². The van der Waals surface area contributed by atoms with Crippen molar-refractivity contribution in [3.8, 4) is 17.1 Å². The Morgan fingerprint density at radius 1 is 1.32 bits per heavy atom. The quantitative estimate of drug-likeness (QED) is 0.915. The van der Waals surface area contributed by atoms with Crippen LogP contribution in [-0.2, 0) is 4.79 Å². The van der Waals surface area contributed by atoms with E-state index in [1.807, 2.05) is 19.1 Å². The average Bonchev–Trinajstić information content (AvgIpc) is 2.82. The molecule has 0 spiro atoms. The normalized spacial score (nSPS) is 17.6. The third kappa shape index (κ3) is 3.60. The number of amides is 2. The summed E-state index contributed by atoms with van der Waals surface area (Å²) in [5.41, 5.74) is 1.89. The van der Waals surface area contributed by atoms with E-state index in [4.69, 9.17) is 4.74 Å². The van der Waals surface area contributed by atoms with Gasteiger partial charge in [0.15, 0.2) is 0 Å². The van der Waals surface area contributed by atoms with Gasteiger partial charge in [-0.1, -0.05) is 12.1 Å². The maximum Gasteiger partial charge on any atom is 0.254 e. The first-order chi connectivity index (χ1) is 12.1. The molecule has 0 aliphatic carbocycles. The fourth-order valence-electron chi connectivity index (χ4n) is 2.84. The van der Waals surface area contributed by atoms with E-state index in [2.05, 4.69) is 15.3 Å². The Kier molecular flexibility index (Phi) is 4.92. The smallest absolute Gasteiger partial charge is 0.254 e. The summed E-state index contributed by atoms with van der Waals surface area (Å²) in [5, 5.41) is 2.82. The predicted octanol–water partition coefficient (Wildman–Crippen LogP) is 1.50. The van der Waals surface area contributed by atoms with Crippen molar-refractivity contribution in [2.45, 2.75) is 19.4 Å². The topological polar surface area (TPSA) is 84.4 Å². The van der Waals surface area contributed by atoms with Crippen LogP contribution in [0, 0.1) is 0 Å². The molecule has 1 aliphatic rings. The Bertz CT molecular complexity index is 793. The van der Waals surface area contributed by atoms with Gasteiger partial charge in [0.2, 0.25) is 11.8 Å². The maximum atomic E-state index is 12.9. The summed E-state index contributed by atoms with van der Waals surface area (Å²) in [5.74, 6) is 0.277. The summed E-state index contributed by atoms with van der Waals surface area (Å²) in [6.45, 7) is 2.80. The molecule has 1 fully saturated rings. The molecule has 0 unspecified atom stereocenters. The van der Waals surface area contributed by atoms with E-state index in [1.54, 1.807) is 29.4 Å². The first-order valence-corrected chi connectivity index (χ1v) is 8.13. The molecule has 1 aromatic heterocycles. The molecule has 0 saturated carbocycles. The van der Waals surface area contributed by atoms with Crippen LogP contribution in [0.3, 0.4) is 0 Å². The molecule has 3 rings (SSSR count). The number of carbonyl (C=O) groups excluding carboxylic acids is 2. The van der Waals surface area contributed by atoms with Gasteiger partial charge in [0.05, 0.1) is 7.11 Å². The molecule has 0 radical (unpaired) electrons. The van der Waals surface area contributed by atoms with Crippen molar-refractivity contribution < 1.29 is 14.3 Å². The van der Waals surface area contributed by atoms with Crippen LogP contribution >= 0.6 is 0 Å². The van der Waals surface area contributed by atoms with Crippen molar-refractivity contribution in [3.63, 3.8) is 0 Å². The molecule has 1 saturated heterocycles. The van der Waals surface area contributed by atoms with Crippen molar-refractivity contribution in [3.05, 3.63) is 42.2 Å². The minimum atomic E-state index is -0.103. The molecule has 2 aromatic rings. The van der Waals surface area contributed by atoms with Crippen molar-refractivity contribution >= 4 is 11.8 Å². The lowest BCUT2D eigenvalue weighted by molar-refractivity contribution is -0.120. The monoisotopic (exact) mass is 340 g/mol. The summed E-state index contributed by atoms with van der Waals surface area (Å²) < 4.78 is 5.25. The van der Waals surface area contributed by atoms with Crippen LogP contribution < -0.4 is 10.1 Å². The molecule has 2 heterocycles. The van der Waals surface area contributed by atoms with Crippen LogP contribution in [0.4, 0.5) is 0 Å². The van der Waals surface area contributed by atoms with Crippen molar-refractivity contribution in [2.24, 2.45) is 0 Å². The zero-order chi connectivity index (χ0) is 17.8. The van der Waals surface area contributed by atoms with Gasteiger partial charge < -0.3 is 15.0 Å². The largest absolute Gasteiger partial charge is 0.479 e. The molecule has 130 valence electrons. The van der Waals surface area contributed by atoms with Gasteiger partial charge in [0.25, 0.3) is 5.91 Å². The highest BCUT2D eigenvalue weighted by Crippen LogP contribution is 2.26. The SMILES string of the molecule is COc1nccnc1-c1cccc(C(=O)N2CCC(=O)NC[C@@H]2C)c1. The Morgan fingerprint density at radius 3 is 2.92 bits per heavy atom. The van der Waals surface area contributed by atoms with E-state index in [9.17, 15) is 9.59 Å². The number of nitrogens with zero attached hydrogens (tertiary/aromatic N) is 3. The van der Waals surface area contributed by atoms with E-state index in [0.29, 0.717) is 36.6 Å². The summed E-state index contributed by atoms with van der Waals surface area (Å²) in [6, 6.07) is 7.15. The molecular weight excluding hydrogens is 320 g/mol. The highest BCUT2D eigenvalue weighted by atomic mass is 16.5. The van der Waals surface area contributed by atoms with Crippen molar-refractivity contribution in [1.29, 1.82) is 0 Å². The summed E-state index contributed by atoms with van der Waals surface area (Å²) in [4.78, 5) is 34.7. The van der Waals surface area contributed by atoms with Gasteiger partial charge in [-0.05, 0) is 19.1 Å². The molecule has 25 heavy (non-hydrogen) atoms. The number of rotatable bonds is 3. The van der Waals surface area contributed by atoms with E-state index in [-0.39, 0.29) is 17.9 Å². The van der Waals surface area contributed by atoms with Gasteiger partial charge in [-0.25, -0.2) is 9.97 Å². The lowest BCUT2D eigenvalue weighted by Gasteiger charge is -2.26. The second-order valence-corrected chi connectivity index (χ2v) is 5.90. The number of hydrogen-bond donors (Lipinski definition) is 1. The van der Waals surface area contributed by atoms with E-state index in [0.717, 1.165) is 5.56 Å². The standard InChI is InChI=1S/C18H20N4O3/c1-12-11-21-15(23)6-9-22(12)18(24)14-5-3-4-13(10-14)16-17(25-2)20-8-7-19-16/h3-5,7-8,10,12H,6,9,11H2,1-2H3,(H,21,23)/t12-/m0/s1. The fraction of sp³-hybridized carbons (Fsp3) is 0.333. The molecule has 1 N–H and O–H groups in total. The second-order valence-electron chi connectivity index (χ2n) is 5.90. The number of ether oxygens (including phenoxy) is 1. The van der Waals surface area contributed by atoms with Gasteiger partial charge in [-0.3, -0.25) is 9.59 Å². The van der Waals surface area contributed by atoms with Crippen LogP contribution in [-0.4, -0.2) is 52.9 Å². The van der Waals surface area contributed by atoms with Crippen molar-refractivity contribution in [2.75, 3.05) is 20.2 Å². The first-order valence-electron chi connectivity index (χ1n) is 8.13. The predicted molar refractivity (Wildman–Crippen MR) is 92.1 cm³/mol. The Hall–Kier alpha value is -2.96. The average molecular weight is 340 g/mol. The number of hydrogen-bond acceptors (Lipinski definition) is 5. The van der Waals surface area contributed by atoms with Gasteiger partial charge >= 0.3 is 0 Å². The molecule has 7 heteroatoms. The van der Waals surface area contributed by atoms with Crippen LogP contribution in [0.2, 0.25) is 0 Å². The molecule has 1 atom stereocenters. The first kappa shape index (κ1) is 16.9. The van der Waals surface area contributed by atoms with Gasteiger partial charge in [0.1, 0.15) is 5.69 Å². The minimum Gasteiger partial charge on any atom is -0.479 e. The summed E-state index contributed by atoms with van der Waals surface area (Å²) >= 11 is 0. The lowest BCUT2D eigenvalue weighted by atomic mass is 10.1. The number of methoxy groups -OCH3 is 1. The molecular formula is C18H20N4O3. The fourth-order valence-corrected chi connectivity index (χ4v) is 2.84. The Balaban J connectivity index is 1.90. The minimum absolute atomic E-state index is 0.0276. The van der Waals surface area contributed by atoms with E-state index >= 15 is 0 Å². The third-order valence-corrected chi connectivity index (χ3v) is 4.21. The number of nitrogens with one attached hydrogen (secondary N) is 1. The van der Waals surface area contributed by atoms with Crippen LogP contribution in [0.1, 0.15) is 23.7 Å². The highest BCUT2D eigenvalue weighted by molar-refractivity contribution is 5.96. The highest BCUT2D eigenvalue weighted by Gasteiger charge is 2.25. The van der Waals surface area contributed by atoms with E-state index < -0.39 is 0 Å². The van der Waals surface area contributed by atoms with E-state index in [1.165, 1.54) is 7.11 Å². The van der Waals surface area contributed by atoms with Gasteiger partial charge in [-0.15, -0.1) is 0 Å². The summed E-state index contributed by atoms with van der Waals surface area (Å²) in [7, 11) is 1.53. The third-order valence-electron chi connectivity index (χ3n) is 4.21. The van der Waals surface area contributed by atoms with Gasteiger partial charge in [-0.2, -0.15) is 0 Å². The number of benzene rings is 1. The molecule has 1 aliphatic heterocycles. The lowest BCUT2D eigenvalue weighted by Crippen LogP contribution is -2.41. The molecule has 7 nitrogen and oxygen atoms in total. The Labute approximate surface area is 146 Å². The summed E-state index contributed by atoms with van der Waals surface area (Å²) in [6.07, 6.45) is 3.45. The Morgan fingerprint density at radius 2 is 2.12 bits per heavy atom. The van der Waals surface area contributed by atoms with Gasteiger partial charge in [0, 0.05) is 49.1 Å². The number of aromatic nitrogens is 2. The molecule has 0 bridgehead atoms. The van der Waals surface area contributed by atoms with Crippen molar-refractivity contribution in [1.82, 2.24) is 20.2 Å². The zero-order valence-electron chi connectivity index (χ0n) is 14.2. The molecule has 2 amide bonds. The zero-order valence-corrected chi connectivity index (χ0v) is 14.2. The molecule has 1 aromatic carbocycles. The second kappa shape index (κ2) is 7.29.